The van der Waals surface area contributed by atoms with E-state index in [9.17, 15) is 9.59 Å². The third-order valence-electron chi connectivity index (χ3n) is 3.55. The number of thiophene rings is 1. The molecule has 0 aliphatic carbocycles. The average Bonchev–Trinajstić information content (AvgIpc) is 3.31. The quantitative estimate of drug-likeness (QED) is 0.712. The Kier molecular flexibility index (Phi) is 5.25. The maximum absolute atomic E-state index is 12.3. The number of carbonyl (C=O) groups is 2. The van der Waals surface area contributed by atoms with Gasteiger partial charge in [0.2, 0.25) is 5.91 Å². The zero-order valence-corrected chi connectivity index (χ0v) is 14.4. The van der Waals surface area contributed by atoms with Crippen molar-refractivity contribution in [1.82, 2.24) is 15.6 Å². The third kappa shape index (κ3) is 4.33. The van der Waals surface area contributed by atoms with Gasteiger partial charge in [-0.15, -0.1) is 11.3 Å². The summed E-state index contributed by atoms with van der Waals surface area (Å²) in [5, 5.41) is 7.26. The molecule has 25 heavy (non-hydrogen) atoms. The minimum absolute atomic E-state index is 0.105. The van der Waals surface area contributed by atoms with E-state index in [1.807, 2.05) is 23.6 Å². The van der Waals surface area contributed by atoms with Crippen LogP contribution in [0.2, 0.25) is 0 Å². The minimum Gasteiger partial charge on any atom is -0.467 e. The predicted octanol–water partition coefficient (Wildman–Crippen LogP) is 2.76. The lowest BCUT2D eigenvalue weighted by Gasteiger charge is -2.08. The number of nitrogens with zero attached hydrogens (tertiary/aromatic N) is 1. The summed E-state index contributed by atoms with van der Waals surface area (Å²) in [4.78, 5) is 29.6. The molecule has 0 fully saturated rings. The summed E-state index contributed by atoms with van der Waals surface area (Å²) in [6, 6.07) is 11.0. The van der Waals surface area contributed by atoms with Crippen molar-refractivity contribution >= 4 is 23.2 Å². The molecule has 7 heteroatoms. The SMILES string of the molecule is Cc1nc(-c2cccs2)ccc1C(=O)NCC(=O)NCc1ccco1. The molecule has 0 bridgehead atoms. The normalized spacial score (nSPS) is 10.4. The molecule has 0 saturated carbocycles. The second kappa shape index (κ2) is 7.76. The van der Waals surface area contributed by atoms with E-state index < -0.39 is 0 Å². The minimum atomic E-state index is -0.323. The van der Waals surface area contributed by atoms with Crippen molar-refractivity contribution in [2.45, 2.75) is 13.5 Å². The van der Waals surface area contributed by atoms with E-state index in [0.717, 1.165) is 10.6 Å². The van der Waals surface area contributed by atoms with Crippen LogP contribution in [0.5, 0.6) is 0 Å². The van der Waals surface area contributed by atoms with E-state index in [-0.39, 0.29) is 24.9 Å². The predicted molar refractivity (Wildman–Crippen MR) is 95.2 cm³/mol. The van der Waals surface area contributed by atoms with E-state index in [4.69, 9.17) is 4.42 Å². The van der Waals surface area contributed by atoms with E-state index in [1.54, 1.807) is 42.7 Å². The molecule has 0 unspecified atom stereocenters. The van der Waals surface area contributed by atoms with Gasteiger partial charge in [-0.2, -0.15) is 0 Å². The standard InChI is InChI=1S/C18H17N3O3S/c1-12-14(6-7-15(21-12)16-5-3-9-25-16)18(23)20-11-17(22)19-10-13-4-2-8-24-13/h2-9H,10-11H2,1H3,(H,19,22)(H,20,23). The van der Waals surface area contributed by atoms with Crippen LogP contribution in [0.4, 0.5) is 0 Å². The van der Waals surface area contributed by atoms with Gasteiger partial charge < -0.3 is 15.1 Å². The zero-order valence-electron chi connectivity index (χ0n) is 13.6. The van der Waals surface area contributed by atoms with Gasteiger partial charge in [0.25, 0.3) is 5.91 Å². The Bertz CT molecular complexity index is 858. The summed E-state index contributed by atoms with van der Waals surface area (Å²) in [5.74, 6) is 0.0466. The molecule has 3 aromatic rings. The van der Waals surface area contributed by atoms with Crippen LogP contribution >= 0.6 is 11.3 Å². The molecule has 0 atom stereocenters. The van der Waals surface area contributed by atoms with Crippen molar-refractivity contribution in [3.63, 3.8) is 0 Å². The number of aromatic nitrogens is 1. The second-order valence-electron chi connectivity index (χ2n) is 5.35. The Balaban J connectivity index is 1.55. The summed E-state index contributed by atoms with van der Waals surface area (Å²) < 4.78 is 5.13. The Hall–Kier alpha value is -2.93. The molecular formula is C18H17N3O3S. The van der Waals surface area contributed by atoms with Crippen molar-refractivity contribution in [1.29, 1.82) is 0 Å². The zero-order chi connectivity index (χ0) is 17.6. The Morgan fingerprint density at radius 1 is 1.16 bits per heavy atom. The van der Waals surface area contributed by atoms with Gasteiger partial charge in [0.1, 0.15) is 5.76 Å². The molecule has 3 rings (SSSR count). The molecular weight excluding hydrogens is 338 g/mol. The molecule has 6 nitrogen and oxygen atoms in total. The number of furan rings is 1. The number of carbonyl (C=O) groups excluding carboxylic acids is 2. The number of hydrogen-bond acceptors (Lipinski definition) is 5. The highest BCUT2D eigenvalue weighted by Crippen LogP contribution is 2.23. The molecule has 0 aromatic carbocycles. The molecule has 0 aliphatic heterocycles. The number of nitrogens with one attached hydrogen (secondary N) is 2. The van der Waals surface area contributed by atoms with Crippen molar-refractivity contribution < 1.29 is 14.0 Å². The first-order valence-corrected chi connectivity index (χ1v) is 8.60. The maximum atomic E-state index is 12.3. The number of rotatable bonds is 6. The highest BCUT2D eigenvalue weighted by atomic mass is 32.1. The molecule has 3 aromatic heterocycles. The number of hydrogen-bond donors (Lipinski definition) is 2. The van der Waals surface area contributed by atoms with Gasteiger partial charge in [0.15, 0.2) is 0 Å². The van der Waals surface area contributed by atoms with Crippen molar-refractivity contribution in [2.24, 2.45) is 0 Å². The van der Waals surface area contributed by atoms with Crippen molar-refractivity contribution in [3.8, 4) is 10.6 Å². The van der Waals surface area contributed by atoms with Gasteiger partial charge in [-0.1, -0.05) is 6.07 Å². The molecule has 0 saturated heterocycles. The van der Waals surface area contributed by atoms with Crippen LogP contribution in [0.15, 0.2) is 52.5 Å². The fourth-order valence-corrected chi connectivity index (χ4v) is 2.98. The van der Waals surface area contributed by atoms with Gasteiger partial charge in [-0.05, 0) is 42.6 Å². The highest BCUT2D eigenvalue weighted by molar-refractivity contribution is 7.13. The van der Waals surface area contributed by atoms with Crippen LogP contribution < -0.4 is 10.6 Å². The van der Waals surface area contributed by atoms with Crippen molar-refractivity contribution in [3.05, 3.63) is 65.1 Å². The van der Waals surface area contributed by atoms with E-state index in [2.05, 4.69) is 15.6 Å². The smallest absolute Gasteiger partial charge is 0.253 e. The van der Waals surface area contributed by atoms with E-state index >= 15 is 0 Å². The molecule has 3 heterocycles. The van der Waals surface area contributed by atoms with Crippen LogP contribution in [-0.4, -0.2) is 23.3 Å². The summed E-state index contributed by atoms with van der Waals surface area (Å²) >= 11 is 1.59. The molecule has 128 valence electrons. The van der Waals surface area contributed by atoms with Crippen LogP contribution in [0, 0.1) is 6.92 Å². The summed E-state index contributed by atoms with van der Waals surface area (Å²) in [5.41, 5.74) is 1.92. The number of amides is 2. The van der Waals surface area contributed by atoms with Crippen LogP contribution in [-0.2, 0) is 11.3 Å². The Morgan fingerprint density at radius 3 is 2.72 bits per heavy atom. The fourth-order valence-electron chi connectivity index (χ4n) is 2.28. The second-order valence-corrected chi connectivity index (χ2v) is 6.29. The summed E-state index contributed by atoms with van der Waals surface area (Å²) in [6.45, 7) is 1.96. The Morgan fingerprint density at radius 2 is 2.04 bits per heavy atom. The molecule has 0 spiro atoms. The molecule has 0 radical (unpaired) electrons. The lowest BCUT2D eigenvalue weighted by atomic mass is 10.1. The van der Waals surface area contributed by atoms with Gasteiger partial charge in [0.05, 0.1) is 41.2 Å². The van der Waals surface area contributed by atoms with Crippen molar-refractivity contribution in [2.75, 3.05) is 6.54 Å². The lowest BCUT2D eigenvalue weighted by molar-refractivity contribution is -0.120. The largest absolute Gasteiger partial charge is 0.467 e. The van der Waals surface area contributed by atoms with Crippen LogP contribution in [0.3, 0.4) is 0 Å². The fraction of sp³-hybridized carbons (Fsp3) is 0.167. The number of aryl methyl sites for hydroxylation is 1. The summed E-state index contributed by atoms with van der Waals surface area (Å²) in [7, 11) is 0. The van der Waals surface area contributed by atoms with Gasteiger partial charge in [-0.3, -0.25) is 14.6 Å². The van der Waals surface area contributed by atoms with Crippen LogP contribution in [0.1, 0.15) is 21.8 Å². The highest BCUT2D eigenvalue weighted by Gasteiger charge is 2.13. The first-order chi connectivity index (χ1) is 12.1. The summed E-state index contributed by atoms with van der Waals surface area (Å²) in [6.07, 6.45) is 1.54. The molecule has 2 N–H and O–H groups in total. The topological polar surface area (TPSA) is 84.2 Å². The maximum Gasteiger partial charge on any atom is 0.253 e. The first-order valence-electron chi connectivity index (χ1n) is 7.72. The monoisotopic (exact) mass is 355 g/mol. The van der Waals surface area contributed by atoms with Gasteiger partial charge >= 0.3 is 0 Å². The third-order valence-corrected chi connectivity index (χ3v) is 4.45. The molecule has 0 aliphatic rings. The number of pyridine rings is 1. The molecule has 2 amide bonds. The average molecular weight is 355 g/mol. The van der Waals surface area contributed by atoms with E-state index in [1.165, 1.54) is 0 Å². The lowest BCUT2D eigenvalue weighted by Crippen LogP contribution is -2.36. The van der Waals surface area contributed by atoms with E-state index in [0.29, 0.717) is 17.0 Å². The Labute approximate surface area is 148 Å². The van der Waals surface area contributed by atoms with Gasteiger partial charge in [-0.25, -0.2) is 0 Å². The van der Waals surface area contributed by atoms with Gasteiger partial charge in [0, 0.05) is 0 Å². The first kappa shape index (κ1) is 16.9. The van der Waals surface area contributed by atoms with Crippen LogP contribution in [0.25, 0.3) is 10.6 Å².